The summed E-state index contributed by atoms with van der Waals surface area (Å²) in [5.41, 5.74) is 2.17. The molecule has 4 aromatic rings. The predicted octanol–water partition coefficient (Wildman–Crippen LogP) is 3.09. The van der Waals surface area contributed by atoms with Crippen LogP contribution in [0.5, 0.6) is 0 Å². The zero-order valence-corrected chi connectivity index (χ0v) is 18.0. The first-order chi connectivity index (χ1) is 15.9. The number of aryl methyl sites for hydroxylation is 2. The fourth-order valence-corrected chi connectivity index (χ4v) is 3.44. The second kappa shape index (κ2) is 9.47. The molecule has 1 atom stereocenters. The first-order valence-electron chi connectivity index (χ1n) is 10.3. The molecule has 0 spiro atoms. The molecule has 9 heteroatoms. The van der Waals surface area contributed by atoms with Crippen molar-refractivity contribution in [3.8, 4) is 11.5 Å². The molecule has 0 saturated heterocycles. The summed E-state index contributed by atoms with van der Waals surface area (Å²) in [6.45, 7) is 3.47. The van der Waals surface area contributed by atoms with Crippen molar-refractivity contribution in [2.24, 2.45) is 0 Å². The number of nitrogens with zero attached hydrogens (tertiary/aromatic N) is 4. The van der Waals surface area contributed by atoms with Crippen LogP contribution in [0.15, 0.2) is 65.7 Å². The maximum atomic E-state index is 13.5. The van der Waals surface area contributed by atoms with E-state index in [-0.39, 0.29) is 17.9 Å². The Kier molecular flexibility index (Phi) is 6.30. The molecule has 0 aliphatic carbocycles. The third-order valence-electron chi connectivity index (χ3n) is 5.04. The molecule has 0 fully saturated rings. The number of amides is 1. The lowest BCUT2D eigenvalue weighted by atomic mass is 10.0. The van der Waals surface area contributed by atoms with E-state index in [9.17, 15) is 14.0 Å². The number of benzene rings is 1. The average Bonchev–Trinajstić information content (AvgIpc) is 2.79. The summed E-state index contributed by atoms with van der Waals surface area (Å²) in [4.78, 5) is 45.1. The Morgan fingerprint density at radius 1 is 1.09 bits per heavy atom. The lowest BCUT2D eigenvalue weighted by Gasteiger charge is -2.20. The fraction of sp³-hybridized carbons (Fsp3) is 0.167. The van der Waals surface area contributed by atoms with Crippen molar-refractivity contribution in [3.63, 3.8) is 0 Å². The van der Waals surface area contributed by atoms with E-state index in [0.717, 1.165) is 0 Å². The van der Waals surface area contributed by atoms with Gasteiger partial charge < -0.3 is 10.3 Å². The van der Waals surface area contributed by atoms with Crippen LogP contribution in [-0.2, 0) is 6.42 Å². The van der Waals surface area contributed by atoms with Gasteiger partial charge in [-0.05, 0) is 43.7 Å². The second-order valence-electron chi connectivity index (χ2n) is 7.50. The van der Waals surface area contributed by atoms with Crippen molar-refractivity contribution in [1.82, 2.24) is 30.2 Å². The molecule has 0 unspecified atom stereocenters. The van der Waals surface area contributed by atoms with Gasteiger partial charge in [0.2, 0.25) is 0 Å². The topological polar surface area (TPSA) is 114 Å². The number of hydrogen-bond donors (Lipinski definition) is 2. The van der Waals surface area contributed by atoms with Gasteiger partial charge in [0.15, 0.2) is 5.82 Å². The Hall–Kier alpha value is -4.27. The second-order valence-corrected chi connectivity index (χ2v) is 7.50. The summed E-state index contributed by atoms with van der Waals surface area (Å²) in [5, 5.41) is 2.95. The van der Waals surface area contributed by atoms with Crippen LogP contribution in [0.3, 0.4) is 0 Å². The van der Waals surface area contributed by atoms with Crippen LogP contribution in [0.2, 0.25) is 0 Å². The van der Waals surface area contributed by atoms with Crippen LogP contribution in [0, 0.1) is 19.7 Å². The number of hydrogen-bond acceptors (Lipinski definition) is 6. The van der Waals surface area contributed by atoms with E-state index in [4.69, 9.17) is 0 Å². The molecule has 3 heterocycles. The molecule has 0 bridgehead atoms. The van der Waals surface area contributed by atoms with Gasteiger partial charge in [0.1, 0.15) is 17.3 Å². The minimum absolute atomic E-state index is 0.201. The third kappa shape index (κ3) is 5.32. The van der Waals surface area contributed by atoms with Crippen molar-refractivity contribution < 1.29 is 9.18 Å². The molecule has 1 amide bonds. The Bertz CT molecular complexity index is 1340. The van der Waals surface area contributed by atoms with Crippen molar-refractivity contribution in [2.45, 2.75) is 26.3 Å². The Labute approximate surface area is 189 Å². The van der Waals surface area contributed by atoms with Crippen LogP contribution in [0.25, 0.3) is 11.5 Å². The normalized spacial score (nSPS) is 11.7. The highest BCUT2D eigenvalue weighted by Crippen LogP contribution is 2.20. The highest BCUT2D eigenvalue weighted by Gasteiger charge is 2.20. The number of halogens is 1. The zero-order chi connectivity index (χ0) is 23.4. The van der Waals surface area contributed by atoms with Crippen LogP contribution in [-0.4, -0.2) is 30.8 Å². The Balaban J connectivity index is 1.67. The van der Waals surface area contributed by atoms with E-state index >= 15 is 0 Å². The van der Waals surface area contributed by atoms with E-state index < -0.39 is 11.9 Å². The molecule has 4 rings (SSSR count). The van der Waals surface area contributed by atoms with Crippen molar-refractivity contribution in [2.75, 3.05) is 0 Å². The molecule has 0 aliphatic heterocycles. The van der Waals surface area contributed by atoms with Crippen molar-refractivity contribution in [3.05, 3.63) is 105 Å². The molecule has 0 saturated carbocycles. The van der Waals surface area contributed by atoms with Gasteiger partial charge >= 0.3 is 0 Å². The quantitative estimate of drug-likeness (QED) is 0.472. The van der Waals surface area contributed by atoms with E-state index in [0.29, 0.717) is 39.9 Å². The fourth-order valence-electron chi connectivity index (χ4n) is 3.44. The van der Waals surface area contributed by atoms with E-state index in [1.165, 1.54) is 24.4 Å². The molecule has 0 aliphatic rings. The predicted molar refractivity (Wildman–Crippen MR) is 120 cm³/mol. The first kappa shape index (κ1) is 21.9. The summed E-state index contributed by atoms with van der Waals surface area (Å²) >= 11 is 0. The number of aromatic amines is 1. The van der Waals surface area contributed by atoms with Gasteiger partial charge in [-0.1, -0.05) is 18.2 Å². The largest absolute Gasteiger partial charge is 0.345 e. The first-order valence-corrected chi connectivity index (χ1v) is 10.3. The molecule has 1 aromatic carbocycles. The molecular formula is C24H21FN6O2. The summed E-state index contributed by atoms with van der Waals surface area (Å²) < 4.78 is 13.5. The van der Waals surface area contributed by atoms with Crippen LogP contribution >= 0.6 is 0 Å². The van der Waals surface area contributed by atoms with E-state index in [2.05, 4.69) is 30.2 Å². The van der Waals surface area contributed by atoms with Gasteiger partial charge in [0.05, 0.1) is 23.0 Å². The van der Waals surface area contributed by atoms with Gasteiger partial charge in [-0.2, -0.15) is 0 Å². The minimum Gasteiger partial charge on any atom is -0.345 e. The Morgan fingerprint density at radius 3 is 2.58 bits per heavy atom. The van der Waals surface area contributed by atoms with Gasteiger partial charge in [0.25, 0.3) is 11.5 Å². The lowest BCUT2D eigenvalue weighted by Crippen LogP contribution is -2.31. The standard InChI is InChI=1S/C24H21FN6O2/c1-14-19(13-27-15(2)28-14)24(33)30-21(16-6-8-17(25)9-7-16)11-18-12-22(32)31-23(29-18)20-5-3-4-10-26-20/h3-10,12-13,21H,11H2,1-2H3,(H,30,33)(H,29,31,32)/t21-/m1/s1. The SMILES string of the molecule is Cc1ncc(C(=O)N[C@H](Cc2cc(=O)[nH]c(-c3ccccn3)n2)c2ccc(F)cc2)c(C)n1. The Morgan fingerprint density at radius 2 is 1.88 bits per heavy atom. The van der Waals surface area contributed by atoms with Gasteiger partial charge in [0, 0.05) is 24.9 Å². The van der Waals surface area contributed by atoms with Crippen LogP contribution < -0.4 is 10.9 Å². The average molecular weight is 444 g/mol. The van der Waals surface area contributed by atoms with Crippen molar-refractivity contribution >= 4 is 5.91 Å². The maximum absolute atomic E-state index is 13.5. The minimum atomic E-state index is -0.579. The van der Waals surface area contributed by atoms with Crippen LogP contribution in [0.4, 0.5) is 4.39 Å². The lowest BCUT2D eigenvalue weighted by molar-refractivity contribution is 0.0935. The number of aromatic nitrogens is 5. The monoisotopic (exact) mass is 444 g/mol. The molecule has 166 valence electrons. The maximum Gasteiger partial charge on any atom is 0.255 e. The summed E-state index contributed by atoms with van der Waals surface area (Å²) in [6.07, 6.45) is 3.28. The molecule has 2 N–H and O–H groups in total. The molecule has 3 aromatic heterocycles. The highest BCUT2D eigenvalue weighted by atomic mass is 19.1. The van der Waals surface area contributed by atoms with Crippen molar-refractivity contribution in [1.29, 1.82) is 0 Å². The number of nitrogens with one attached hydrogen (secondary N) is 2. The van der Waals surface area contributed by atoms with Crippen LogP contribution in [0.1, 0.15) is 39.2 Å². The molecule has 0 radical (unpaired) electrons. The number of H-pyrrole nitrogens is 1. The number of carbonyl (C=O) groups excluding carboxylic acids is 1. The molecule has 33 heavy (non-hydrogen) atoms. The van der Waals surface area contributed by atoms with Gasteiger partial charge in [-0.3, -0.25) is 14.6 Å². The highest BCUT2D eigenvalue weighted by molar-refractivity contribution is 5.95. The summed E-state index contributed by atoms with van der Waals surface area (Å²) in [7, 11) is 0. The number of pyridine rings is 1. The van der Waals surface area contributed by atoms with Gasteiger partial charge in [-0.15, -0.1) is 0 Å². The molecule has 8 nitrogen and oxygen atoms in total. The summed E-state index contributed by atoms with van der Waals surface area (Å²) in [5.74, 6) is 0.119. The number of rotatable bonds is 6. The molecular weight excluding hydrogens is 423 g/mol. The van der Waals surface area contributed by atoms with E-state index in [1.807, 2.05) is 0 Å². The van der Waals surface area contributed by atoms with E-state index in [1.54, 1.807) is 50.4 Å². The van der Waals surface area contributed by atoms with Gasteiger partial charge in [-0.25, -0.2) is 19.3 Å². The zero-order valence-electron chi connectivity index (χ0n) is 18.0. The summed E-state index contributed by atoms with van der Waals surface area (Å²) in [6, 6.07) is 11.9. The smallest absolute Gasteiger partial charge is 0.255 e. The third-order valence-corrected chi connectivity index (χ3v) is 5.04. The number of carbonyl (C=O) groups is 1.